The predicted molar refractivity (Wildman–Crippen MR) is 87.1 cm³/mol. The topological polar surface area (TPSA) is 47.0 Å². The zero-order valence-electron chi connectivity index (χ0n) is 12.6. The molecular formula is C16H20BrN3O. The van der Waals surface area contributed by atoms with E-state index in [1.54, 1.807) is 12.4 Å². The molecule has 5 heteroatoms. The van der Waals surface area contributed by atoms with Crippen LogP contribution < -0.4 is 10.1 Å². The molecule has 0 amide bonds. The number of halogens is 1. The molecule has 2 rings (SSSR count). The van der Waals surface area contributed by atoms with Gasteiger partial charge >= 0.3 is 0 Å². The van der Waals surface area contributed by atoms with Crippen LogP contribution in [0.2, 0.25) is 0 Å². The molecule has 1 aromatic heterocycles. The Hall–Kier alpha value is -1.46. The number of hydrogen-bond donors (Lipinski definition) is 1. The van der Waals surface area contributed by atoms with E-state index >= 15 is 0 Å². The first-order chi connectivity index (χ1) is 9.94. The molecule has 0 atom stereocenters. The van der Waals surface area contributed by atoms with Crippen molar-refractivity contribution in [3.05, 3.63) is 52.4 Å². The Morgan fingerprint density at radius 3 is 2.52 bits per heavy atom. The van der Waals surface area contributed by atoms with Gasteiger partial charge in [-0.1, -0.05) is 34.1 Å². The van der Waals surface area contributed by atoms with Crippen molar-refractivity contribution in [1.29, 1.82) is 0 Å². The van der Waals surface area contributed by atoms with Gasteiger partial charge in [-0.15, -0.1) is 0 Å². The van der Waals surface area contributed by atoms with Crippen LogP contribution in [0, 0.1) is 0 Å². The molecule has 1 aromatic carbocycles. The third-order valence-corrected chi connectivity index (χ3v) is 3.59. The quantitative estimate of drug-likeness (QED) is 0.893. The van der Waals surface area contributed by atoms with Gasteiger partial charge in [-0.2, -0.15) is 0 Å². The number of nitrogens with one attached hydrogen (secondary N) is 1. The molecule has 0 bridgehead atoms. The molecule has 2 aromatic rings. The van der Waals surface area contributed by atoms with Crippen LogP contribution in [0.25, 0.3) is 0 Å². The lowest BCUT2D eigenvalue weighted by Gasteiger charge is -2.19. The standard InChI is InChI=1S/C16H20BrN3O/c1-16(2,3)20-9-13-8-19-15(10-18-13)21-11-12-6-4-5-7-14(12)17/h4-8,10,20H,9,11H2,1-3H3. The fourth-order valence-corrected chi connectivity index (χ4v) is 2.03. The predicted octanol–water partition coefficient (Wildman–Crippen LogP) is 3.71. The third-order valence-electron chi connectivity index (χ3n) is 2.81. The highest BCUT2D eigenvalue weighted by molar-refractivity contribution is 9.10. The van der Waals surface area contributed by atoms with Crippen molar-refractivity contribution in [1.82, 2.24) is 15.3 Å². The van der Waals surface area contributed by atoms with Crippen LogP contribution in [0.5, 0.6) is 5.88 Å². The fraction of sp³-hybridized carbons (Fsp3) is 0.375. The number of hydrogen-bond acceptors (Lipinski definition) is 4. The van der Waals surface area contributed by atoms with Crippen LogP contribution in [0.3, 0.4) is 0 Å². The summed E-state index contributed by atoms with van der Waals surface area (Å²) in [5, 5.41) is 3.37. The molecule has 1 N–H and O–H groups in total. The van der Waals surface area contributed by atoms with Crippen molar-refractivity contribution >= 4 is 15.9 Å². The summed E-state index contributed by atoms with van der Waals surface area (Å²) >= 11 is 3.50. The van der Waals surface area contributed by atoms with E-state index in [1.165, 1.54) is 0 Å². The van der Waals surface area contributed by atoms with Gasteiger partial charge in [-0.05, 0) is 26.8 Å². The van der Waals surface area contributed by atoms with E-state index in [2.05, 4.69) is 52.0 Å². The van der Waals surface area contributed by atoms with E-state index < -0.39 is 0 Å². The van der Waals surface area contributed by atoms with E-state index in [9.17, 15) is 0 Å². The van der Waals surface area contributed by atoms with E-state index in [1.807, 2.05) is 24.3 Å². The van der Waals surface area contributed by atoms with Gasteiger partial charge in [0.15, 0.2) is 0 Å². The van der Waals surface area contributed by atoms with E-state index in [4.69, 9.17) is 4.74 Å². The lowest BCUT2D eigenvalue weighted by molar-refractivity contribution is 0.291. The highest BCUT2D eigenvalue weighted by Gasteiger charge is 2.09. The minimum Gasteiger partial charge on any atom is -0.472 e. The number of rotatable bonds is 5. The number of benzene rings is 1. The van der Waals surface area contributed by atoms with Crippen LogP contribution in [0.4, 0.5) is 0 Å². The number of aromatic nitrogens is 2. The van der Waals surface area contributed by atoms with Crippen LogP contribution >= 0.6 is 15.9 Å². The summed E-state index contributed by atoms with van der Waals surface area (Å²) in [6.45, 7) is 7.53. The maximum absolute atomic E-state index is 5.65. The first kappa shape index (κ1) is 15.9. The van der Waals surface area contributed by atoms with Crippen molar-refractivity contribution in [2.45, 2.75) is 39.5 Å². The lowest BCUT2D eigenvalue weighted by Crippen LogP contribution is -2.35. The Morgan fingerprint density at radius 2 is 1.90 bits per heavy atom. The summed E-state index contributed by atoms with van der Waals surface area (Å²) in [6.07, 6.45) is 3.41. The second kappa shape index (κ2) is 7.00. The molecule has 21 heavy (non-hydrogen) atoms. The largest absolute Gasteiger partial charge is 0.472 e. The third kappa shape index (κ3) is 5.44. The van der Waals surface area contributed by atoms with Crippen molar-refractivity contribution in [2.75, 3.05) is 0 Å². The monoisotopic (exact) mass is 349 g/mol. The van der Waals surface area contributed by atoms with Gasteiger partial charge < -0.3 is 10.1 Å². The maximum atomic E-state index is 5.65. The van der Waals surface area contributed by atoms with Gasteiger partial charge in [0.05, 0.1) is 18.1 Å². The Balaban J connectivity index is 1.89. The summed E-state index contributed by atoms with van der Waals surface area (Å²) < 4.78 is 6.68. The molecule has 0 fully saturated rings. The minimum atomic E-state index is 0.0659. The summed E-state index contributed by atoms with van der Waals surface area (Å²) in [6, 6.07) is 7.96. The molecule has 0 spiro atoms. The number of nitrogens with zero attached hydrogens (tertiary/aromatic N) is 2. The summed E-state index contributed by atoms with van der Waals surface area (Å²) in [7, 11) is 0. The Morgan fingerprint density at radius 1 is 1.14 bits per heavy atom. The molecule has 4 nitrogen and oxygen atoms in total. The first-order valence-corrected chi connectivity index (χ1v) is 7.65. The van der Waals surface area contributed by atoms with Gasteiger partial charge in [0.1, 0.15) is 6.61 Å². The molecule has 0 aliphatic carbocycles. The van der Waals surface area contributed by atoms with Gasteiger partial charge in [-0.25, -0.2) is 4.98 Å². The summed E-state index contributed by atoms with van der Waals surface area (Å²) in [5.41, 5.74) is 2.05. The lowest BCUT2D eigenvalue weighted by atomic mass is 10.1. The van der Waals surface area contributed by atoms with E-state index in [0.717, 1.165) is 15.7 Å². The SMILES string of the molecule is CC(C)(C)NCc1cnc(OCc2ccccc2Br)cn1. The average Bonchev–Trinajstić information content (AvgIpc) is 2.45. The van der Waals surface area contributed by atoms with Crippen molar-refractivity contribution < 1.29 is 4.74 Å². The van der Waals surface area contributed by atoms with Crippen LogP contribution in [-0.2, 0) is 13.2 Å². The molecule has 0 unspecified atom stereocenters. The Labute approximate surface area is 134 Å². The average molecular weight is 350 g/mol. The van der Waals surface area contributed by atoms with E-state index in [-0.39, 0.29) is 5.54 Å². The second-order valence-electron chi connectivity index (χ2n) is 5.83. The molecule has 0 aliphatic heterocycles. The van der Waals surface area contributed by atoms with Crippen LogP contribution in [0.15, 0.2) is 41.1 Å². The number of ether oxygens (including phenoxy) is 1. The minimum absolute atomic E-state index is 0.0659. The smallest absolute Gasteiger partial charge is 0.232 e. The highest BCUT2D eigenvalue weighted by Crippen LogP contribution is 2.17. The van der Waals surface area contributed by atoms with Gasteiger partial charge in [-0.3, -0.25) is 4.98 Å². The second-order valence-corrected chi connectivity index (χ2v) is 6.68. The Kier molecular flexibility index (Phi) is 5.31. The van der Waals surface area contributed by atoms with Crippen LogP contribution in [0.1, 0.15) is 32.0 Å². The molecule has 112 valence electrons. The first-order valence-electron chi connectivity index (χ1n) is 6.86. The van der Waals surface area contributed by atoms with Gasteiger partial charge in [0.2, 0.25) is 5.88 Å². The molecule has 0 saturated carbocycles. The molecule has 0 radical (unpaired) electrons. The molecule has 0 saturated heterocycles. The maximum Gasteiger partial charge on any atom is 0.232 e. The van der Waals surface area contributed by atoms with Gasteiger partial charge in [0.25, 0.3) is 0 Å². The zero-order valence-corrected chi connectivity index (χ0v) is 14.1. The van der Waals surface area contributed by atoms with E-state index in [0.29, 0.717) is 19.0 Å². The van der Waals surface area contributed by atoms with Gasteiger partial charge in [0, 0.05) is 22.1 Å². The summed E-state index contributed by atoms with van der Waals surface area (Å²) in [4.78, 5) is 8.64. The summed E-state index contributed by atoms with van der Waals surface area (Å²) in [5.74, 6) is 0.533. The molecular weight excluding hydrogens is 330 g/mol. The van der Waals surface area contributed by atoms with Crippen LogP contribution in [-0.4, -0.2) is 15.5 Å². The van der Waals surface area contributed by atoms with Crippen molar-refractivity contribution in [3.63, 3.8) is 0 Å². The highest BCUT2D eigenvalue weighted by atomic mass is 79.9. The Bertz CT molecular complexity index is 579. The molecule has 1 heterocycles. The fourth-order valence-electron chi connectivity index (χ4n) is 1.63. The molecule has 0 aliphatic rings. The normalized spacial score (nSPS) is 11.4. The zero-order chi connectivity index (χ0) is 15.3. The van der Waals surface area contributed by atoms with Crippen molar-refractivity contribution in [2.24, 2.45) is 0 Å². The van der Waals surface area contributed by atoms with Crippen molar-refractivity contribution in [3.8, 4) is 5.88 Å².